The highest BCUT2D eigenvalue weighted by molar-refractivity contribution is 6.42. The highest BCUT2D eigenvalue weighted by Gasteiger charge is 2.33. The second-order valence-electron chi connectivity index (χ2n) is 4.42. The molecule has 0 radical (unpaired) electrons. The molecule has 7 heteroatoms. The molecule has 1 fully saturated rings. The Labute approximate surface area is 118 Å². The Hall–Kier alpha value is -1.59. The molecule has 1 aliphatic heterocycles. The summed E-state index contributed by atoms with van der Waals surface area (Å²) >= 11 is 11.8. The lowest BCUT2D eigenvalue weighted by Crippen LogP contribution is -2.50. The van der Waals surface area contributed by atoms with E-state index in [9.17, 15) is 4.79 Å². The lowest BCUT2D eigenvalue weighted by atomic mass is 10.0. The van der Waals surface area contributed by atoms with Gasteiger partial charge in [0, 0.05) is 13.1 Å². The van der Waals surface area contributed by atoms with Crippen molar-refractivity contribution in [3.05, 3.63) is 28.4 Å². The standard InChI is InChI=1S/C12H9Cl2N3O2/c13-7-1-9-10(2-8(7)14)16-11(3-15-9)17-4-6(5-17)12(18)19/h1-3,6H,4-5H2,(H,18,19). The van der Waals surface area contributed by atoms with Gasteiger partial charge in [0.05, 0.1) is 33.2 Å². The number of carboxylic acids is 1. The minimum absolute atomic E-state index is 0.327. The highest BCUT2D eigenvalue weighted by Crippen LogP contribution is 2.28. The molecule has 0 spiro atoms. The third kappa shape index (κ3) is 2.19. The Kier molecular flexibility index (Phi) is 2.95. The Bertz CT molecular complexity index is 671. The fourth-order valence-electron chi connectivity index (χ4n) is 1.97. The summed E-state index contributed by atoms with van der Waals surface area (Å²) in [5.74, 6) is -0.450. The zero-order valence-electron chi connectivity index (χ0n) is 9.68. The molecule has 0 amide bonds. The van der Waals surface area contributed by atoms with Crippen molar-refractivity contribution in [2.45, 2.75) is 0 Å². The molecule has 1 aromatic carbocycles. The Balaban J connectivity index is 1.90. The van der Waals surface area contributed by atoms with Crippen LogP contribution in [0.4, 0.5) is 5.82 Å². The molecule has 1 N–H and O–H groups in total. The smallest absolute Gasteiger partial charge is 0.310 e. The molecule has 2 heterocycles. The van der Waals surface area contributed by atoms with E-state index in [1.54, 1.807) is 18.3 Å². The van der Waals surface area contributed by atoms with Crippen molar-refractivity contribution in [2.24, 2.45) is 5.92 Å². The summed E-state index contributed by atoms with van der Waals surface area (Å²) in [5.41, 5.74) is 1.30. The zero-order chi connectivity index (χ0) is 13.6. The third-order valence-corrected chi connectivity index (χ3v) is 3.85. The number of anilines is 1. The van der Waals surface area contributed by atoms with E-state index in [0.29, 0.717) is 40.0 Å². The van der Waals surface area contributed by atoms with Crippen LogP contribution in [0.15, 0.2) is 18.3 Å². The van der Waals surface area contributed by atoms with Crippen molar-refractivity contribution >= 4 is 46.0 Å². The molecule has 0 saturated carbocycles. The van der Waals surface area contributed by atoms with Crippen LogP contribution in [0.25, 0.3) is 11.0 Å². The van der Waals surface area contributed by atoms with Crippen LogP contribution in [0.1, 0.15) is 0 Å². The molecule has 0 atom stereocenters. The minimum Gasteiger partial charge on any atom is -0.481 e. The molecular weight excluding hydrogens is 289 g/mol. The van der Waals surface area contributed by atoms with Gasteiger partial charge in [-0.25, -0.2) is 4.98 Å². The van der Waals surface area contributed by atoms with E-state index in [1.807, 2.05) is 4.90 Å². The fraction of sp³-hybridized carbons (Fsp3) is 0.250. The molecule has 1 aliphatic rings. The van der Waals surface area contributed by atoms with E-state index in [0.717, 1.165) is 0 Å². The first-order valence-corrected chi connectivity index (χ1v) is 6.40. The number of halogens is 2. The molecule has 2 aromatic rings. The predicted molar refractivity (Wildman–Crippen MR) is 72.9 cm³/mol. The van der Waals surface area contributed by atoms with Crippen molar-refractivity contribution in [1.82, 2.24) is 9.97 Å². The number of carboxylic acid groups (broad SMARTS) is 1. The monoisotopic (exact) mass is 297 g/mol. The number of rotatable bonds is 2. The molecule has 0 aliphatic carbocycles. The van der Waals surface area contributed by atoms with E-state index < -0.39 is 5.97 Å². The van der Waals surface area contributed by atoms with Crippen molar-refractivity contribution in [3.8, 4) is 0 Å². The Morgan fingerprint density at radius 1 is 1.26 bits per heavy atom. The number of aromatic nitrogens is 2. The van der Waals surface area contributed by atoms with Gasteiger partial charge in [-0.1, -0.05) is 23.2 Å². The van der Waals surface area contributed by atoms with Gasteiger partial charge in [0.1, 0.15) is 5.82 Å². The van der Waals surface area contributed by atoms with Crippen LogP contribution < -0.4 is 4.90 Å². The summed E-state index contributed by atoms with van der Waals surface area (Å²) < 4.78 is 0. The van der Waals surface area contributed by atoms with Gasteiger partial charge >= 0.3 is 5.97 Å². The van der Waals surface area contributed by atoms with Gasteiger partial charge < -0.3 is 10.0 Å². The van der Waals surface area contributed by atoms with E-state index in [-0.39, 0.29) is 5.92 Å². The summed E-state index contributed by atoms with van der Waals surface area (Å²) in [5, 5.41) is 9.70. The molecule has 1 saturated heterocycles. The van der Waals surface area contributed by atoms with Crippen LogP contribution in [0, 0.1) is 5.92 Å². The van der Waals surface area contributed by atoms with Crippen LogP contribution in [-0.2, 0) is 4.79 Å². The lowest BCUT2D eigenvalue weighted by Gasteiger charge is -2.37. The zero-order valence-corrected chi connectivity index (χ0v) is 11.2. The van der Waals surface area contributed by atoms with Crippen molar-refractivity contribution in [1.29, 1.82) is 0 Å². The van der Waals surface area contributed by atoms with Crippen molar-refractivity contribution < 1.29 is 9.90 Å². The number of fused-ring (bicyclic) bond motifs is 1. The summed E-state index contributed by atoms with van der Waals surface area (Å²) in [6.07, 6.45) is 1.62. The molecule has 1 aromatic heterocycles. The van der Waals surface area contributed by atoms with Crippen LogP contribution in [0.2, 0.25) is 10.0 Å². The number of nitrogens with zero attached hydrogens (tertiary/aromatic N) is 3. The molecular formula is C12H9Cl2N3O2. The van der Waals surface area contributed by atoms with Crippen molar-refractivity contribution in [3.63, 3.8) is 0 Å². The Morgan fingerprint density at radius 2 is 1.89 bits per heavy atom. The van der Waals surface area contributed by atoms with Crippen molar-refractivity contribution in [2.75, 3.05) is 18.0 Å². The summed E-state index contributed by atoms with van der Waals surface area (Å²) in [6, 6.07) is 3.32. The second kappa shape index (κ2) is 4.51. The first-order valence-electron chi connectivity index (χ1n) is 5.64. The molecule has 0 unspecified atom stereocenters. The molecule has 19 heavy (non-hydrogen) atoms. The van der Waals surface area contributed by atoms with Gasteiger partial charge in [0.15, 0.2) is 0 Å². The quantitative estimate of drug-likeness (QED) is 0.922. The number of aliphatic carboxylic acids is 1. The van der Waals surface area contributed by atoms with E-state index in [2.05, 4.69) is 9.97 Å². The maximum absolute atomic E-state index is 10.8. The summed E-state index contributed by atoms with van der Waals surface area (Å²) in [4.78, 5) is 21.3. The van der Waals surface area contributed by atoms with E-state index in [1.165, 1.54) is 0 Å². The van der Waals surface area contributed by atoms with E-state index >= 15 is 0 Å². The normalized spacial score (nSPS) is 15.6. The molecule has 0 bridgehead atoms. The summed E-state index contributed by atoms with van der Waals surface area (Å²) in [7, 11) is 0. The number of benzene rings is 1. The maximum atomic E-state index is 10.8. The third-order valence-electron chi connectivity index (χ3n) is 3.13. The van der Waals surface area contributed by atoms with Crippen LogP contribution >= 0.6 is 23.2 Å². The topological polar surface area (TPSA) is 66.3 Å². The highest BCUT2D eigenvalue weighted by atomic mass is 35.5. The summed E-state index contributed by atoms with van der Waals surface area (Å²) in [6.45, 7) is 0.910. The van der Waals surface area contributed by atoms with Gasteiger partial charge in [-0.05, 0) is 12.1 Å². The first-order chi connectivity index (χ1) is 9.04. The minimum atomic E-state index is -0.778. The molecule has 5 nitrogen and oxygen atoms in total. The van der Waals surface area contributed by atoms with Crippen LogP contribution in [0.5, 0.6) is 0 Å². The van der Waals surface area contributed by atoms with E-state index in [4.69, 9.17) is 28.3 Å². The molecule has 3 rings (SSSR count). The second-order valence-corrected chi connectivity index (χ2v) is 5.24. The number of hydrogen-bond acceptors (Lipinski definition) is 4. The van der Waals surface area contributed by atoms with Gasteiger partial charge in [-0.3, -0.25) is 9.78 Å². The predicted octanol–water partition coefficient (Wildman–Crippen LogP) is 2.46. The van der Waals surface area contributed by atoms with Gasteiger partial charge in [0.25, 0.3) is 0 Å². The van der Waals surface area contributed by atoms with Crippen LogP contribution in [-0.4, -0.2) is 34.1 Å². The SMILES string of the molecule is O=C(O)C1CN(c2cnc3cc(Cl)c(Cl)cc3n2)C1. The number of carbonyl (C=O) groups is 1. The lowest BCUT2D eigenvalue weighted by molar-refractivity contribution is -0.142. The fourth-order valence-corrected chi connectivity index (χ4v) is 2.29. The van der Waals surface area contributed by atoms with Gasteiger partial charge in [0.2, 0.25) is 0 Å². The first kappa shape index (κ1) is 12.4. The maximum Gasteiger partial charge on any atom is 0.310 e. The van der Waals surface area contributed by atoms with Crippen LogP contribution in [0.3, 0.4) is 0 Å². The molecule has 98 valence electrons. The average Bonchev–Trinajstić information content (AvgIpc) is 2.28. The average molecular weight is 298 g/mol. The van der Waals surface area contributed by atoms with Gasteiger partial charge in [-0.15, -0.1) is 0 Å². The Morgan fingerprint density at radius 3 is 2.53 bits per heavy atom. The van der Waals surface area contributed by atoms with Gasteiger partial charge in [-0.2, -0.15) is 0 Å². The number of hydrogen-bond donors (Lipinski definition) is 1. The largest absolute Gasteiger partial charge is 0.481 e.